The van der Waals surface area contributed by atoms with E-state index in [1.807, 2.05) is 53.1 Å². The molecule has 28 heavy (non-hydrogen) atoms. The summed E-state index contributed by atoms with van der Waals surface area (Å²) < 4.78 is 6.63. The summed E-state index contributed by atoms with van der Waals surface area (Å²) in [6.45, 7) is 0. The minimum absolute atomic E-state index is 0.260. The van der Waals surface area contributed by atoms with E-state index in [2.05, 4.69) is 15.0 Å². The SMILES string of the molecule is COC(=O)c1ccc(C(=O)Nc2cccc(-n3cnc4ccccc43)c2)cc1. The summed E-state index contributed by atoms with van der Waals surface area (Å²) in [6, 6.07) is 21.7. The van der Waals surface area contributed by atoms with Crippen molar-refractivity contribution in [1.82, 2.24) is 9.55 Å². The summed E-state index contributed by atoms with van der Waals surface area (Å²) in [6.07, 6.45) is 1.76. The average Bonchev–Trinajstić information content (AvgIpc) is 3.17. The number of hydrogen-bond acceptors (Lipinski definition) is 4. The van der Waals surface area contributed by atoms with Gasteiger partial charge in [-0.1, -0.05) is 18.2 Å². The van der Waals surface area contributed by atoms with Crippen molar-refractivity contribution < 1.29 is 14.3 Å². The van der Waals surface area contributed by atoms with Crippen molar-refractivity contribution >= 4 is 28.6 Å². The first-order valence-corrected chi connectivity index (χ1v) is 8.68. The molecule has 0 fully saturated rings. The van der Waals surface area contributed by atoms with E-state index in [-0.39, 0.29) is 5.91 Å². The summed E-state index contributed by atoms with van der Waals surface area (Å²) in [5.41, 5.74) is 4.30. The van der Waals surface area contributed by atoms with Gasteiger partial charge in [0.2, 0.25) is 0 Å². The van der Waals surface area contributed by atoms with Gasteiger partial charge in [-0.3, -0.25) is 9.36 Å². The number of rotatable bonds is 4. The van der Waals surface area contributed by atoms with Gasteiger partial charge in [-0.05, 0) is 54.6 Å². The number of nitrogens with zero attached hydrogens (tertiary/aromatic N) is 2. The zero-order valence-electron chi connectivity index (χ0n) is 15.1. The number of carbonyl (C=O) groups is 2. The number of carbonyl (C=O) groups excluding carboxylic acids is 2. The molecule has 1 aromatic heterocycles. The normalized spacial score (nSPS) is 10.6. The van der Waals surface area contributed by atoms with Crippen LogP contribution < -0.4 is 5.32 Å². The first-order valence-electron chi connectivity index (χ1n) is 8.68. The van der Waals surface area contributed by atoms with Crippen LogP contribution in [0.25, 0.3) is 16.7 Å². The number of methoxy groups -OCH3 is 1. The predicted octanol–water partition coefficient (Wildman–Crippen LogP) is 4.06. The lowest BCUT2D eigenvalue weighted by Gasteiger charge is -2.09. The number of imidazole rings is 1. The Morgan fingerprint density at radius 1 is 0.929 bits per heavy atom. The lowest BCUT2D eigenvalue weighted by molar-refractivity contribution is 0.0600. The Morgan fingerprint density at radius 3 is 2.46 bits per heavy atom. The molecule has 138 valence electrons. The highest BCUT2D eigenvalue weighted by atomic mass is 16.5. The molecule has 0 unspecified atom stereocenters. The molecule has 4 aromatic rings. The number of benzene rings is 3. The van der Waals surface area contributed by atoms with Crippen LogP contribution in [0, 0.1) is 0 Å². The molecule has 6 heteroatoms. The maximum Gasteiger partial charge on any atom is 0.337 e. The summed E-state index contributed by atoms with van der Waals surface area (Å²) in [5, 5.41) is 2.88. The largest absolute Gasteiger partial charge is 0.465 e. The third kappa shape index (κ3) is 3.35. The fourth-order valence-corrected chi connectivity index (χ4v) is 2.98. The van der Waals surface area contributed by atoms with Crippen LogP contribution in [0.15, 0.2) is 79.1 Å². The zero-order valence-corrected chi connectivity index (χ0v) is 15.1. The monoisotopic (exact) mass is 371 g/mol. The van der Waals surface area contributed by atoms with Crippen molar-refractivity contribution in [2.24, 2.45) is 0 Å². The molecule has 0 aliphatic carbocycles. The van der Waals surface area contributed by atoms with Gasteiger partial charge in [-0.2, -0.15) is 0 Å². The smallest absolute Gasteiger partial charge is 0.337 e. The van der Waals surface area contributed by atoms with E-state index in [4.69, 9.17) is 0 Å². The molecule has 0 aliphatic rings. The van der Waals surface area contributed by atoms with E-state index >= 15 is 0 Å². The average molecular weight is 371 g/mol. The summed E-state index contributed by atoms with van der Waals surface area (Å²) in [5.74, 6) is -0.698. The highest BCUT2D eigenvalue weighted by Crippen LogP contribution is 2.21. The van der Waals surface area contributed by atoms with Crippen LogP contribution >= 0.6 is 0 Å². The minimum atomic E-state index is -0.438. The number of para-hydroxylation sites is 2. The molecular weight excluding hydrogens is 354 g/mol. The van der Waals surface area contributed by atoms with Crippen molar-refractivity contribution in [2.45, 2.75) is 0 Å². The highest BCUT2D eigenvalue weighted by Gasteiger charge is 2.10. The summed E-state index contributed by atoms with van der Waals surface area (Å²) in [7, 11) is 1.32. The van der Waals surface area contributed by atoms with Gasteiger partial charge in [0.25, 0.3) is 5.91 Å². The number of ether oxygens (including phenoxy) is 1. The van der Waals surface area contributed by atoms with E-state index in [0.29, 0.717) is 16.8 Å². The van der Waals surface area contributed by atoms with Gasteiger partial charge in [0, 0.05) is 16.9 Å². The fourth-order valence-electron chi connectivity index (χ4n) is 2.98. The van der Waals surface area contributed by atoms with Crippen LogP contribution in [-0.2, 0) is 4.74 Å². The van der Waals surface area contributed by atoms with Crippen LogP contribution in [0.4, 0.5) is 5.69 Å². The van der Waals surface area contributed by atoms with Gasteiger partial charge in [0.05, 0.1) is 23.7 Å². The number of hydrogen-bond donors (Lipinski definition) is 1. The molecule has 0 saturated heterocycles. The number of nitrogens with one attached hydrogen (secondary N) is 1. The van der Waals surface area contributed by atoms with Crippen LogP contribution in [0.5, 0.6) is 0 Å². The number of amides is 1. The number of fused-ring (bicyclic) bond motifs is 1. The quantitative estimate of drug-likeness (QED) is 0.549. The molecule has 0 saturated carbocycles. The maximum absolute atomic E-state index is 12.5. The Hall–Kier alpha value is -3.93. The zero-order chi connectivity index (χ0) is 19.5. The Bertz CT molecular complexity index is 1160. The molecule has 0 atom stereocenters. The standard InChI is InChI=1S/C22H17N3O3/c1-28-22(27)16-11-9-15(10-12-16)21(26)24-17-5-4-6-18(13-17)25-14-23-19-7-2-3-8-20(19)25/h2-14H,1H3,(H,24,26). The van der Waals surface area contributed by atoms with Crippen molar-refractivity contribution in [1.29, 1.82) is 0 Å². The molecule has 0 aliphatic heterocycles. The summed E-state index contributed by atoms with van der Waals surface area (Å²) >= 11 is 0. The van der Waals surface area contributed by atoms with E-state index in [0.717, 1.165) is 16.7 Å². The number of anilines is 1. The third-order valence-electron chi connectivity index (χ3n) is 4.40. The van der Waals surface area contributed by atoms with E-state index in [9.17, 15) is 9.59 Å². The van der Waals surface area contributed by atoms with Crippen molar-refractivity contribution in [3.63, 3.8) is 0 Å². The van der Waals surface area contributed by atoms with Gasteiger partial charge in [-0.15, -0.1) is 0 Å². The molecule has 1 heterocycles. The molecule has 1 N–H and O–H groups in total. The molecule has 0 bridgehead atoms. The Labute approximate surface area is 161 Å². The Balaban J connectivity index is 1.56. The Kier molecular flexibility index (Phi) is 4.60. The molecule has 4 rings (SSSR count). The second kappa shape index (κ2) is 7.36. The highest BCUT2D eigenvalue weighted by molar-refractivity contribution is 6.05. The predicted molar refractivity (Wildman–Crippen MR) is 107 cm³/mol. The van der Waals surface area contributed by atoms with Gasteiger partial charge >= 0.3 is 5.97 Å². The lowest BCUT2D eigenvalue weighted by atomic mass is 10.1. The van der Waals surface area contributed by atoms with E-state index < -0.39 is 5.97 Å². The van der Waals surface area contributed by atoms with Crippen LogP contribution in [0.1, 0.15) is 20.7 Å². The second-order valence-electron chi connectivity index (χ2n) is 6.18. The molecule has 1 amide bonds. The van der Waals surface area contributed by atoms with Crippen LogP contribution in [0.3, 0.4) is 0 Å². The molecular formula is C22H17N3O3. The third-order valence-corrected chi connectivity index (χ3v) is 4.40. The molecule has 6 nitrogen and oxygen atoms in total. The first-order chi connectivity index (χ1) is 13.7. The van der Waals surface area contributed by atoms with Crippen molar-refractivity contribution in [3.8, 4) is 5.69 Å². The number of aromatic nitrogens is 2. The van der Waals surface area contributed by atoms with Gasteiger partial charge in [-0.25, -0.2) is 9.78 Å². The molecule has 0 radical (unpaired) electrons. The van der Waals surface area contributed by atoms with E-state index in [1.54, 1.807) is 30.6 Å². The minimum Gasteiger partial charge on any atom is -0.465 e. The van der Waals surface area contributed by atoms with Gasteiger partial charge in [0.1, 0.15) is 6.33 Å². The van der Waals surface area contributed by atoms with Crippen molar-refractivity contribution in [2.75, 3.05) is 12.4 Å². The first kappa shape index (κ1) is 17.5. The Morgan fingerprint density at radius 2 is 1.68 bits per heavy atom. The fraction of sp³-hybridized carbons (Fsp3) is 0.0455. The van der Waals surface area contributed by atoms with Gasteiger partial charge in [0.15, 0.2) is 0 Å². The van der Waals surface area contributed by atoms with Crippen LogP contribution in [-0.4, -0.2) is 28.5 Å². The van der Waals surface area contributed by atoms with Gasteiger partial charge < -0.3 is 10.1 Å². The van der Waals surface area contributed by atoms with Crippen molar-refractivity contribution in [3.05, 3.63) is 90.3 Å². The van der Waals surface area contributed by atoms with Crippen LogP contribution in [0.2, 0.25) is 0 Å². The molecule has 3 aromatic carbocycles. The topological polar surface area (TPSA) is 73.2 Å². The molecule has 0 spiro atoms. The second-order valence-corrected chi connectivity index (χ2v) is 6.18. The lowest BCUT2D eigenvalue weighted by Crippen LogP contribution is -2.12. The summed E-state index contributed by atoms with van der Waals surface area (Å²) in [4.78, 5) is 28.4. The van der Waals surface area contributed by atoms with E-state index in [1.165, 1.54) is 7.11 Å². The maximum atomic E-state index is 12.5. The number of esters is 1.